The molecule has 0 fully saturated rings. The highest BCUT2D eigenvalue weighted by Crippen LogP contribution is 2.23. The second-order valence-corrected chi connectivity index (χ2v) is 5.77. The lowest BCUT2D eigenvalue weighted by Gasteiger charge is -2.24. The van der Waals surface area contributed by atoms with Crippen LogP contribution >= 0.6 is 0 Å². The molecule has 1 aromatic heterocycles. The third-order valence-electron chi connectivity index (χ3n) is 4.18. The summed E-state index contributed by atoms with van der Waals surface area (Å²) in [6.45, 7) is 0.310. The predicted molar refractivity (Wildman–Crippen MR) is 95.5 cm³/mol. The van der Waals surface area contributed by atoms with Gasteiger partial charge in [0, 0.05) is 35.9 Å². The van der Waals surface area contributed by atoms with Crippen LogP contribution in [0, 0.1) is 0 Å². The molecule has 0 amide bonds. The average molecular weight is 323 g/mol. The quantitative estimate of drug-likeness (QED) is 0.522. The van der Waals surface area contributed by atoms with Gasteiger partial charge in [0.15, 0.2) is 0 Å². The number of nitrogens with two attached hydrogens (primary N) is 1. The fourth-order valence-electron chi connectivity index (χ4n) is 2.76. The molecule has 24 heavy (non-hydrogen) atoms. The van der Waals surface area contributed by atoms with Gasteiger partial charge in [-0.25, -0.2) is 0 Å². The number of hydrogen-bond donors (Lipinski definition) is 4. The summed E-state index contributed by atoms with van der Waals surface area (Å²) in [6.07, 6.45) is 2.74. The van der Waals surface area contributed by atoms with E-state index in [2.05, 4.69) is 10.3 Å². The fourth-order valence-corrected chi connectivity index (χ4v) is 2.76. The van der Waals surface area contributed by atoms with Gasteiger partial charge in [0.2, 0.25) is 0 Å². The van der Waals surface area contributed by atoms with E-state index in [0.717, 1.165) is 27.6 Å². The Bertz CT molecular complexity index is 805. The van der Waals surface area contributed by atoms with Crippen LogP contribution in [0.3, 0.4) is 0 Å². The first-order chi connectivity index (χ1) is 11.7. The Morgan fingerprint density at radius 2 is 1.83 bits per heavy atom. The summed E-state index contributed by atoms with van der Waals surface area (Å²) in [5, 5.41) is 24.9. The average Bonchev–Trinajstić information content (AvgIpc) is 2.63. The molecule has 0 saturated heterocycles. The molecule has 3 aromatic rings. The van der Waals surface area contributed by atoms with E-state index in [1.165, 1.54) is 0 Å². The lowest BCUT2D eigenvalue weighted by molar-refractivity contribution is 0.173. The summed E-state index contributed by atoms with van der Waals surface area (Å²) in [5.41, 5.74) is 8.45. The number of benzene rings is 2. The zero-order valence-corrected chi connectivity index (χ0v) is 13.3. The van der Waals surface area contributed by atoms with E-state index in [0.29, 0.717) is 6.54 Å². The lowest BCUT2D eigenvalue weighted by atomic mass is 9.96. The number of aliphatic hydroxyl groups excluding tert-OH is 2. The highest BCUT2D eigenvalue weighted by molar-refractivity contribution is 5.84. The van der Waals surface area contributed by atoms with E-state index >= 15 is 0 Å². The van der Waals surface area contributed by atoms with Crippen molar-refractivity contribution in [1.29, 1.82) is 0 Å². The first-order valence-corrected chi connectivity index (χ1v) is 7.89. The Labute approximate surface area is 140 Å². The molecular weight excluding hydrogens is 302 g/mol. The normalized spacial score (nSPS) is 13.6. The molecule has 0 aliphatic heterocycles. The number of fused-ring (bicyclic) bond motifs is 1. The summed E-state index contributed by atoms with van der Waals surface area (Å²) in [6, 6.07) is 15.2. The molecule has 0 aliphatic carbocycles. The summed E-state index contributed by atoms with van der Waals surface area (Å²) in [4.78, 5) is 4.09. The van der Waals surface area contributed by atoms with Crippen molar-refractivity contribution < 1.29 is 10.2 Å². The molecule has 0 saturated carbocycles. The van der Waals surface area contributed by atoms with Gasteiger partial charge in [0.05, 0.1) is 6.61 Å². The second kappa shape index (κ2) is 7.40. The topological polar surface area (TPSA) is 91.4 Å². The monoisotopic (exact) mass is 323 g/mol. The van der Waals surface area contributed by atoms with Crippen LogP contribution in [0.15, 0.2) is 60.9 Å². The zero-order valence-electron chi connectivity index (χ0n) is 13.3. The molecule has 2 unspecified atom stereocenters. The molecule has 5 nitrogen and oxygen atoms in total. The number of nitrogens with one attached hydrogen (secondary N) is 1. The standard InChI is InChI=1S/C19H21N3O2/c20-10-18(14-3-1-13(12-23)2-4-14)19(24)22-17-6-5-16-11-21-8-7-15(16)9-17/h1-9,11,18-19,22-24H,10,12,20H2. The van der Waals surface area contributed by atoms with E-state index in [9.17, 15) is 5.11 Å². The minimum Gasteiger partial charge on any atom is -0.392 e. The summed E-state index contributed by atoms with van der Waals surface area (Å²) in [5.74, 6) is -0.245. The van der Waals surface area contributed by atoms with Crippen LogP contribution in [0.25, 0.3) is 10.8 Å². The maximum Gasteiger partial charge on any atom is 0.132 e. The SMILES string of the molecule is NCC(c1ccc(CO)cc1)C(O)Nc1ccc2cnccc2c1. The molecule has 5 N–H and O–H groups in total. The molecule has 2 atom stereocenters. The molecule has 124 valence electrons. The van der Waals surface area contributed by atoms with Gasteiger partial charge in [0.25, 0.3) is 0 Å². The number of aromatic nitrogens is 1. The Hall–Kier alpha value is -2.47. The zero-order chi connectivity index (χ0) is 16.9. The number of nitrogens with zero attached hydrogens (tertiary/aromatic N) is 1. The van der Waals surface area contributed by atoms with Crippen molar-refractivity contribution in [3.05, 3.63) is 72.1 Å². The molecule has 3 rings (SSSR count). The fraction of sp³-hybridized carbons (Fsp3) is 0.211. The van der Waals surface area contributed by atoms with E-state index < -0.39 is 6.23 Å². The van der Waals surface area contributed by atoms with E-state index in [-0.39, 0.29) is 12.5 Å². The molecule has 0 radical (unpaired) electrons. The highest BCUT2D eigenvalue weighted by atomic mass is 16.3. The number of pyridine rings is 1. The smallest absolute Gasteiger partial charge is 0.132 e. The van der Waals surface area contributed by atoms with Crippen LogP contribution in [0.1, 0.15) is 17.0 Å². The van der Waals surface area contributed by atoms with Crippen LogP contribution in [0.4, 0.5) is 5.69 Å². The van der Waals surface area contributed by atoms with Crippen molar-refractivity contribution in [3.63, 3.8) is 0 Å². The van der Waals surface area contributed by atoms with Gasteiger partial charge in [-0.1, -0.05) is 30.3 Å². The van der Waals surface area contributed by atoms with Crippen LogP contribution < -0.4 is 11.1 Å². The maximum absolute atomic E-state index is 10.6. The van der Waals surface area contributed by atoms with E-state index in [1.807, 2.05) is 48.5 Å². The van der Waals surface area contributed by atoms with Crippen molar-refractivity contribution in [3.8, 4) is 0 Å². The van der Waals surface area contributed by atoms with Crippen LogP contribution in [-0.2, 0) is 6.61 Å². The number of rotatable bonds is 6. The van der Waals surface area contributed by atoms with Gasteiger partial charge >= 0.3 is 0 Å². The molecular formula is C19H21N3O2. The van der Waals surface area contributed by atoms with Gasteiger partial charge in [-0.3, -0.25) is 4.98 Å². The summed E-state index contributed by atoms with van der Waals surface area (Å²) < 4.78 is 0. The Morgan fingerprint density at radius 1 is 1.04 bits per heavy atom. The van der Waals surface area contributed by atoms with Gasteiger partial charge < -0.3 is 21.3 Å². The minimum absolute atomic E-state index is 0.000319. The minimum atomic E-state index is -0.811. The molecule has 2 aromatic carbocycles. The van der Waals surface area contributed by atoms with Gasteiger partial charge in [-0.2, -0.15) is 0 Å². The van der Waals surface area contributed by atoms with Crippen LogP contribution in [0.2, 0.25) is 0 Å². The summed E-state index contributed by atoms with van der Waals surface area (Å²) >= 11 is 0. The van der Waals surface area contributed by atoms with Crippen molar-refractivity contribution >= 4 is 16.5 Å². The van der Waals surface area contributed by atoms with Crippen molar-refractivity contribution in [2.24, 2.45) is 5.73 Å². The first-order valence-electron chi connectivity index (χ1n) is 7.89. The largest absolute Gasteiger partial charge is 0.392 e. The Morgan fingerprint density at radius 3 is 2.54 bits per heavy atom. The summed E-state index contributed by atoms with van der Waals surface area (Å²) in [7, 11) is 0. The highest BCUT2D eigenvalue weighted by Gasteiger charge is 2.19. The molecule has 0 bridgehead atoms. The maximum atomic E-state index is 10.6. The van der Waals surface area contributed by atoms with Gasteiger partial charge in [-0.05, 0) is 34.7 Å². The lowest BCUT2D eigenvalue weighted by Crippen LogP contribution is -2.32. The second-order valence-electron chi connectivity index (χ2n) is 5.77. The van der Waals surface area contributed by atoms with Crippen molar-refractivity contribution in [1.82, 2.24) is 4.98 Å². The van der Waals surface area contributed by atoms with Crippen molar-refractivity contribution in [2.75, 3.05) is 11.9 Å². The predicted octanol–water partition coefficient (Wildman–Crippen LogP) is 2.20. The third kappa shape index (κ3) is 3.54. The van der Waals surface area contributed by atoms with Crippen molar-refractivity contribution in [2.45, 2.75) is 18.8 Å². The molecule has 0 spiro atoms. The molecule has 1 heterocycles. The van der Waals surface area contributed by atoms with Gasteiger partial charge in [0.1, 0.15) is 6.23 Å². The number of aliphatic hydroxyl groups is 2. The van der Waals surface area contributed by atoms with E-state index in [1.54, 1.807) is 12.4 Å². The first kappa shape index (κ1) is 16.4. The van der Waals surface area contributed by atoms with E-state index in [4.69, 9.17) is 10.8 Å². The Kier molecular flexibility index (Phi) is 5.05. The number of anilines is 1. The third-order valence-corrected chi connectivity index (χ3v) is 4.18. The Balaban J connectivity index is 1.78. The van der Waals surface area contributed by atoms with Crippen LogP contribution in [0.5, 0.6) is 0 Å². The molecule has 0 aliphatic rings. The van der Waals surface area contributed by atoms with Gasteiger partial charge in [-0.15, -0.1) is 0 Å². The molecule has 5 heteroatoms. The van der Waals surface area contributed by atoms with Crippen LogP contribution in [-0.4, -0.2) is 28.0 Å². The number of hydrogen-bond acceptors (Lipinski definition) is 5.